The number of aliphatic carboxylic acids is 1. The van der Waals surface area contributed by atoms with Gasteiger partial charge in [-0.15, -0.1) is 0 Å². The third-order valence-corrected chi connectivity index (χ3v) is 4.94. The van der Waals surface area contributed by atoms with Crippen LogP contribution in [0.2, 0.25) is 0 Å². The summed E-state index contributed by atoms with van der Waals surface area (Å²) in [5.74, 6) is -3.27. The Morgan fingerprint density at radius 3 is 2.32 bits per heavy atom. The van der Waals surface area contributed by atoms with Crippen LogP contribution >= 0.6 is 0 Å². The summed E-state index contributed by atoms with van der Waals surface area (Å²) in [5, 5.41) is 19.2. The summed E-state index contributed by atoms with van der Waals surface area (Å²) in [4.78, 5) is 17.8. The van der Waals surface area contributed by atoms with E-state index >= 15 is 0 Å². The summed E-state index contributed by atoms with van der Waals surface area (Å²) < 4.78 is 71.3. The van der Waals surface area contributed by atoms with Crippen LogP contribution < -0.4 is 0 Å². The first-order valence-corrected chi connectivity index (χ1v) is 7.88. The van der Waals surface area contributed by atoms with E-state index in [1.165, 1.54) is 0 Å². The van der Waals surface area contributed by atoms with Gasteiger partial charge in [-0.05, 0) is 12.1 Å². The van der Waals surface area contributed by atoms with Gasteiger partial charge in [0.2, 0.25) is 0 Å². The molecule has 0 radical (unpaired) electrons. The fraction of sp³-hybridized carbons (Fsp3) is 0.222. The topological polar surface area (TPSA) is 132 Å². The first kappa shape index (κ1) is 18.0. The summed E-state index contributed by atoms with van der Waals surface area (Å²) in [6, 6.07) is 1.10. The normalized spacial score (nSPS) is 13.6. The van der Waals surface area contributed by atoms with Crippen LogP contribution in [-0.2, 0) is 25.4 Å². The molecule has 0 fully saturated rings. The number of nitro groups is 1. The van der Waals surface area contributed by atoms with E-state index in [0.717, 1.165) is 0 Å². The van der Waals surface area contributed by atoms with Gasteiger partial charge in [-0.3, -0.25) is 14.9 Å². The van der Waals surface area contributed by atoms with Crippen LogP contribution in [0.25, 0.3) is 0 Å². The molecule has 122 valence electrons. The van der Waals surface area contributed by atoms with Crippen LogP contribution in [0.15, 0.2) is 28.0 Å². The fourth-order valence-electron chi connectivity index (χ4n) is 1.39. The Hall–Kier alpha value is -2.02. The third kappa shape index (κ3) is 4.00. The highest BCUT2D eigenvalue weighted by molar-refractivity contribution is 7.92. The molecule has 0 aliphatic carbocycles. The first-order valence-electron chi connectivity index (χ1n) is 5.08. The Labute approximate surface area is 123 Å². The van der Waals surface area contributed by atoms with Crippen LogP contribution in [-0.4, -0.2) is 39.9 Å². The second-order valence-electron chi connectivity index (χ2n) is 3.75. The van der Waals surface area contributed by atoms with Crippen LogP contribution in [0.4, 0.5) is 18.9 Å². The minimum absolute atomic E-state index is 0.193. The number of sulfone groups is 1. The second kappa shape index (κ2) is 6.00. The Balaban J connectivity index is 3.49. The maximum Gasteiger partial charge on any atom is 0.475 e. The third-order valence-electron chi connectivity index (χ3n) is 2.20. The van der Waals surface area contributed by atoms with Gasteiger partial charge in [0.25, 0.3) is 5.69 Å². The van der Waals surface area contributed by atoms with E-state index < -0.39 is 58.3 Å². The molecular weight excluding hydrogens is 355 g/mol. The molecule has 0 amide bonds. The van der Waals surface area contributed by atoms with Gasteiger partial charge in [0.15, 0.2) is 26.4 Å². The van der Waals surface area contributed by atoms with Gasteiger partial charge in [0.05, 0.1) is 9.82 Å². The highest BCUT2D eigenvalue weighted by Crippen LogP contribution is 2.32. The quantitative estimate of drug-likeness (QED) is 0.613. The molecule has 13 heteroatoms. The van der Waals surface area contributed by atoms with Crippen molar-refractivity contribution in [1.29, 1.82) is 0 Å². The van der Waals surface area contributed by atoms with Gasteiger partial charge in [0, 0.05) is 6.07 Å². The van der Waals surface area contributed by atoms with Crippen molar-refractivity contribution in [2.24, 2.45) is 0 Å². The maximum atomic E-state index is 12.3. The van der Waals surface area contributed by atoms with E-state index in [1.54, 1.807) is 0 Å². The zero-order valence-corrected chi connectivity index (χ0v) is 11.9. The lowest BCUT2D eigenvalue weighted by atomic mass is 10.3. The number of nitrogens with zero attached hydrogens (tertiary/aromatic N) is 1. The van der Waals surface area contributed by atoms with Crippen LogP contribution in [0, 0.1) is 10.1 Å². The number of alkyl halides is 3. The van der Waals surface area contributed by atoms with Crippen LogP contribution in [0.1, 0.15) is 0 Å². The van der Waals surface area contributed by atoms with Gasteiger partial charge < -0.3 is 5.11 Å². The molecule has 0 spiro atoms. The lowest BCUT2D eigenvalue weighted by Crippen LogP contribution is -2.18. The van der Waals surface area contributed by atoms with Crippen molar-refractivity contribution in [2.45, 2.75) is 15.3 Å². The van der Waals surface area contributed by atoms with Crippen molar-refractivity contribution in [3.05, 3.63) is 28.3 Å². The SMILES string of the molecule is O=C(O)CS(=O)(=O)c1ccc([S@@](=O)C(F)(F)F)cc1[N+](=O)[O-]. The lowest BCUT2D eigenvalue weighted by Gasteiger charge is -2.08. The van der Waals surface area contributed by atoms with Crippen molar-refractivity contribution in [2.75, 3.05) is 5.75 Å². The number of benzene rings is 1. The number of carboxylic acid groups (broad SMARTS) is 1. The molecule has 8 nitrogen and oxygen atoms in total. The molecule has 22 heavy (non-hydrogen) atoms. The number of carbonyl (C=O) groups is 1. The summed E-state index contributed by atoms with van der Waals surface area (Å²) in [6.45, 7) is 0. The average Bonchev–Trinajstić information content (AvgIpc) is 2.34. The highest BCUT2D eigenvalue weighted by Gasteiger charge is 2.39. The number of nitro benzene ring substituents is 1. The van der Waals surface area contributed by atoms with Crippen LogP contribution in [0.5, 0.6) is 0 Å². The number of carboxylic acids is 1. The Bertz CT molecular complexity index is 757. The van der Waals surface area contributed by atoms with Gasteiger partial charge in [-0.2, -0.15) is 13.2 Å². The predicted molar refractivity (Wildman–Crippen MR) is 65.2 cm³/mol. The number of hydrogen-bond donors (Lipinski definition) is 1. The van der Waals surface area contributed by atoms with Gasteiger partial charge in [0.1, 0.15) is 4.90 Å². The van der Waals surface area contributed by atoms with Crippen molar-refractivity contribution in [3.63, 3.8) is 0 Å². The van der Waals surface area contributed by atoms with Gasteiger partial charge in [-0.1, -0.05) is 0 Å². The van der Waals surface area contributed by atoms with E-state index in [2.05, 4.69) is 0 Å². The summed E-state index contributed by atoms with van der Waals surface area (Å²) >= 11 is 0. The molecule has 1 atom stereocenters. The molecule has 1 rings (SSSR count). The Morgan fingerprint density at radius 2 is 1.91 bits per heavy atom. The Morgan fingerprint density at radius 1 is 1.36 bits per heavy atom. The van der Waals surface area contributed by atoms with Crippen molar-refractivity contribution in [1.82, 2.24) is 0 Å². The zero-order valence-electron chi connectivity index (χ0n) is 10.2. The van der Waals surface area contributed by atoms with Gasteiger partial charge >= 0.3 is 11.5 Å². The van der Waals surface area contributed by atoms with E-state index in [0.29, 0.717) is 12.1 Å². The minimum Gasteiger partial charge on any atom is -0.480 e. The molecule has 1 aromatic carbocycles. The zero-order chi connectivity index (χ0) is 17.3. The lowest BCUT2D eigenvalue weighted by molar-refractivity contribution is -0.388. The van der Waals surface area contributed by atoms with Crippen LogP contribution in [0.3, 0.4) is 0 Å². The maximum absolute atomic E-state index is 12.3. The fourth-order valence-corrected chi connectivity index (χ4v) is 3.28. The van der Waals surface area contributed by atoms with Crippen molar-refractivity contribution >= 4 is 32.3 Å². The molecule has 0 aliphatic rings. The smallest absolute Gasteiger partial charge is 0.475 e. The first-order chi connectivity index (χ1) is 9.86. The molecule has 0 heterocycles. The number of halogens is 3. The molecule has 0 saturated carbocycles. The summed E-state index contributed by atoms with van der Waals surface area (Å²) in [5.41, 5.74) is -6.47. The average molecular weight is 361 g/mol. The minimum atomic E-state index is -5.19. The summed E-state index contributed by atoms with van der Waals surface area (Å²) in [6.07, 6.45) is 0. The molecule has 0 saturated heterocycles. The molecule has 0 aliphatic heterocycles. The molecule has 0 bridgehead atoms. The standard InChI is InChI=1S/C9H6F3NO7S2/c10-9(11,12)21(18)5-1-2-7(6(3-5)13(16)17)22(19,20)4-8(14)15/h1-3H,4H2,(H,14,15)/t21-/m1/s1. The Kier molecular flexibility index (Phi) is 4.92. The molecule has 0 aromatic heterocycles. The molecular formula is C9H6F3NO7S2. The summed E-state index contributed by atoms with van der Waals surface area (Å²) in [7, 11) is -8.22. The van der Waals surface area contributed by atoms with E-state index in [-0.39, 0.29) is 6.07 Å². The predicted octanol–water partition coefficient (Wildman–Crippen LogP) is 1.08. The van der Waals surface area contributed by atoms with E-state index in [1.807, 2.05) is 0 Å². The highest BCUT2D eigenvalue weighted by atomic mass is 32.2. The van der Waals surface area contributed by atoms with E-state index in [4.69, 9.17) is 5.11 Å². The number of rotatable bonds is 5. The second-order valence-corrected chi connectivity index (χ2v) is 7.18. The largest absolute Gasteiger partial charge is 0.480 e. The number of hydrogen-bond acceptors (Lipinski definition) is 6. The van der Waals surface area contributed by atoms with Crippen molar-refractivity contribution in [3.8, 4) is 0 Å². The monoisotopic (exact) mass is 361 g/mol. The van der Waals surface area contributed by atoms with Crippen molar-refractivity contribution < 1.29 is 40.6 Å². The van der Waals surface area contributed by atoms with E-state index in [9.17, 15) is 40.7 Å². The molecule has 1 N–H and O–H groups in total. The van der Waals surface area contributed by atoms with Gasteiger partial charge in [-0.25, -0.2) is 12.6 Å². The molecule has 0 unspecified atom stereocenters. The molecule has 1 aromatic rings.